The summed E-state index contributed by atoms with van der Waals surface area (Å²) in [7, 11) is 0. The lowest BCUT2D eigenvalue weighted by molar-refractivity contribution is -0.0557. The first-order valence-electron chi connectivity index (χ1n) is 8.53. The van der Waals surface area contributed by atoms with Crippen LogP contribution >= 0.6 is 0 Å². The zero-order chi connectivity index (χ0) is 17.6. The van der Waals surface area contributed by atoms with E-state index >= 15 is 0 Å². The first-order chi connectivity index (χ1) is 11.4. The van der Waals surface area contributed by atoms with Gasteiger partial charge in [-0.15, -0.1) is 0 Å². The van der Waals surface area contributed by atoms with E-state index in [1.165, 1.54) is 0 Å². The molecule has 1 aliphatic rings. The first kappa shape index (κ1) is 18.7. The molecular weight excluding hydrogens is 304 g/mol. The van der Waals surface area contributed by atoms with Crippen LogP contribution in [0.5, 0.6) is 0 Å². The number of rotatable bonds is 5. The van der Waals surface area contributed by atoms with E-state index in [1.807, 2.05) is 20.8 Å². The predicted octanol–water partition coefficient (Wildman–Crippen LogP) is 1.64. The van der Waals surface area contributed by atoms with Crippen molar-refractivity contribution in [2.24, 2.45) is 0 Å². The lowest BCUT2D eigenvalue weighted by Gasteiger charge is -2.26. The minimum Gasteiger partial charge on any atom is -0.389 e. The van der Waals surface area contributed by atoms with Crippen LogP contribution in [0.1, 0.15) is 32.8 Å². The van der Waals surface area contributed by atoms with Crippen molar-refractivity contribution < 1.29 is 9.84 Å². The van der Waals surface area contributed by atoms with Crippen molar-refractivity contribution >= 4 is 5.82 Å². The molecule has 0 bridgehead atoms. The molecule has 2 heterocycles. The highest BCUT2D eigenvalue weighted by Gasteiger charge is 2.21. The normalized spacial score (nSPS) is 18.0. The third kappa shape index (κ3) is 5.75. The predicted molar refractivity (Wildman–Crippen MR) is 93.9 cm³/mol. The minimum atomic E-state index is -0.486. The molecular formula is C18H28N4O2. The number of ether oxygens (including phenoxy) is 1. The van der Waals surface area contributed by atoms with Gasteiger partial charge in [-0.1, -0.05) is 0 Å². The van der Waals surface area contributed by atoms with E-state index in [0.717, 1.165) is 38.4 Å². The molecule has 1 N–H and O–H groups in total. The molecule has 0 spiro atoms. The summed E-state index contributed by atoms with van der Waals surface area (Å²) in [5, 5.41) is 19.4. The van der Waals surface area contributed by atoms with Gasteiger partial charge in [0.05, 0.1) is 23.9 Å². The van der Waals surface area contributed by atoms with E-state index < -0.39 is 6.10 Å². The van der Waals surface area contributed by atoms with E-state index in [9.17, 15) is 10.4 Å². The molecule has 6 nitrogen and oxygen atoms in total. The SMILES string of the molecule is CC(C)(C)OCC(O)CN1CCCN(c2ncccc2C#N)CC1. The first-order valence-corrected chi connectivity index (χ1v) is 8.53. The summed E-state index contributed by atoms with van der Waals surface area (Å²) in [5.74, 6) is 0.762. The summed E-state index contributed by atoms with van der Waals surface area (Å²) >= 11 is 0. The molecule has 1 aliphatic heterocycles. The standard InChI is InChI=1S/C18H28N4O2/c1-18(2,3)24-14-16(23)13-21-8-5-9-22(11-10-21)17-15(12-19)6-4-7-20-17/h4,6-7,16,23H,5,8-11,13-14H2,1-3H3. The molecule has 24 heavy (non-hydrogen) atoms. The van der Waals surface area contributed by atoms with Gasteiger partial charge >= 0.3 is 0 Å². The molecule has 2 rings (SSSR count). The molecule has 0 amide bonds. The Hall–Kier alpha value is -1.68. The van der Waals surface area contributed by atoms with E-state index in [1.54, 1.807) is 18.3 Å². The van der Waals surface area contributed by atoms with Gasteiger partial charge in [0.2, 0.25) is 0 Å². The highest BCUT2D eigenvalue weighted by molar-refractivity contribution is 5.53. The number of pyridine rings is 1. The molecule has 1 unspecified atom stereocenters. The van der Waals surface area contributed by atoms with Crippen molar-refractivity contribution in [2.75, 3.05) is 44.2 Å². The number of aliphatic hydroxyl groups is 1. The lowest BCUT2D eigenvalue weighted by atomic mass is 10.2. The summed E-state index contributed by atoms with van der Waals surface area (Å²) in [6.07, 6.45) is 2.22. The Morgan fingerprint density at radius 2 is 2.12 bits per heavy atom. The van der Waals surface area contributed by atoms with Crippen molar-refractivity contribution in [3.8, 4) is 6.07 Å². The molecule has 0 radical (unpaired) electrons. The van der Waals surface area contributed by atoms with Crippen LogP contribution in [-0.4, -0.2) is 66.0 Å². The summed E-state index contributed by atoms with van der Waals surface area (Å²) in [4.78, 5) is 8.79. The van der Waals surface area contributed by atoms with Crippen molar-refractivity contribution in [1.29, 1.82) is 5.26 Å². The summed E-state index contributed by atoms with van der Waals surface area (Å²) in [5.41, 5.74) is 0.382. The van der Waals surface area contributed by atoms with Gasteiger partial charge < -0.3 is 14.7 Å². The molecule has 0 aromatic carbocycles. The average Bonchev–Trinajstić information content (AvgIpc) is 2.78. The second-order valence-corrected chi connectivity index (χ2v) is 7.20. The summed E-state index contributed by atoms with van der Waals surface area (Å²) < 4.78 is 5.65. The Balaban J connectivity index is 1.88. The van der Waals surface area contributed by atoms with Gasteiger partial charge in [-0.3, -0.25) is 4.90 Å². The van der Waals surface area contributed by atoms with Crippen LogP contribution in [0, 0.1) is 11.3 Å². The fourth-order valence-corrected chi connectivity index (χ4v) is 2.80. The van der Waals surface area contributed by atoms with Crippen LogP contribution in [0.3, 0.4) is 0 Å². The van der Waals surface area contributed by atoms with Gasteiger partial charge in [-0.2, -0.15) is 5.26 Å². The third-order valence-corrected chi connectivity index (χ3v) is 3.97. The Kier molecular flexibility index (Phi) is 6.55. The van der Waals surface area contributed by atoms with Crippen molar-refractivity contribution in [3.63, 3.8) is 0 Å². The van der Waals surface area contributed by atoms with Crippen LogP contribution < -0.4 is 4.90 Å². The number of hydrogen-bond acceptors (Lipinski definition) is 6. The van der Waals surface area contributed by atoms with Gasteiger partial charge in [0.15, 0.2) is 0 Å². The molecule has 6 heteroatoms. The molecule has 1 saturated heterocycles. The Morgan fingerprint density at radius 1 is 1.33 bits per heavy atom. The van der Waals surface area contributed by atoms with Crippen molar-refractivity contribution in [1.82, 2.24) is 9.88 Å². The molecule has 132 valence electrons. The number of aromatic nitrogens is 1. The monoisotopic (exact) mass is 332 g/mol. The summed E-state index contributed by atoms with van der Waals surface area (Å²) in [6, 6.07) is 5.81. The van der Waals surface area contributed by atoms with Crippen LogP contribution in [0.4, 0.5) is 5.82 Å². The van der Waals surface area contributed by atoms with Crippen molar-refractivity contribution in [3.05, 3.63) is 23.9 Å². The van der Waals surface area contributed by atoms with Crippen LogP contribution in [-0.2, 0) is 4.74 Å². The van der Waals surface area contributed by atoms with Crippen LogP contribution in [0.25, 0.3) is 0 Å². The van der Waals surface area contributed by atoms with Crippen LogP contribution in [0.15, 0.2) is 18.3 Å². The average molecular weight is 332 g/mol. The van der Waals surface area contributed by atoms with E-state index in [2.05, 4.69) is 20.9 Å². The molecule has 1 atom stereocenters. The molecule has 0 saturated carbocycles. The fourth-order valence-electron chi connectivity index (χ4n) is 2.80. The number of anilines is 1. The second kappa shape index (κ2) is 8.43. The second-order valence-electron chi connectivity index (χ2n) is 7.20. The highest BCUT2D eigenvalue weighted by Crippen LogP contribution is 2.18. The van der Waals surface area contributed by atoms with E-state index in [4.69, 9.17) is 4.74 Å². The fraction of sp³-hybridized carbons (Fsp3) is 0.667. The van der Waals surface area contributed by atoms with Gasteiger partial charge in [-0.05, 0) is 45.9 Å². The Bertz CT molecular complexity index is 565. The molecule has 1 aromatic heterocycles. The Morgan fingerprint density at radius 3 is 2.83 bits per heavy atom. The maximum atomic E-state index is 10.2. The summed E-state index contributed by atoms with van der Waals surface area (Å²) in [6.45, 7) is 10.4. The molecule has 1 aromatic rings. The van der Waals surface area contributed by atoms with Gasteiger partial charge in [-0.25, -0.2) is 4.98 Å². The quantitative estimate of drug-likeness (QED) is 0.884. The molecule has 0 aliphatic carbocycles. The third-order valence-electron chi connectivity index (χ3n) is 3.97. The van der Waals surface area contributed by atoms with Crippen molar-refractivity contribution in [2.45, 2.75) is 38.9 Å². The number of aliphatic hydroxyl groups excluding tert-OH is 1. The number of nitriles is 1. The number of nitrogens with zero attached hydrogens (tertiary/aromatic N) is 4. The topological polar surface area (TPSA) is 72.6 Å². The maximum absolute atomic E-state index is 10.2. The van der Waals surface area contributed by atoms with Gasteiger partial charge in [0.1, 0.15) is 11.9 Å². The lowest BCUT2D eigenvalue weighted by Crippen LogP contribution is -2.39. The van der Waals surface area contributed by atoms with Gasteiger partial charge in [0.25, 0.3) is 0 Å². The van der Waals surface area contributed by atoms with E-state index in [0.29, 0.717) is 18.7 Å². The minimum absolute atomic E-state index is 0.233. The zero-order valence-electron chi connectivity index (χ0n) is 14.9. The smallest absolute Gasteiger partial charge is 0.146 e. The molecule has 1 fully saturated rings. The largest absolute Gasteiger partial charge is 0.389 e. The van der Waals surface area contributed by atoms with E-state index in [-0.39, 0.29) is 5.60 Å². The van der Waals surface area contributed by atoms with Crippen LogP contribution in [0.2, 0.25) is 0 Å². The number of β-amino-alcohol motifs (C(OH)–C–C–N with tert-alkyl or cyclic N) is 1. The zero-order valence-corrected chi connectivity index (χ0v) is 14.9. The number of hydrogen-bond donors (Lipinski definition) is 1. The Labute approximate surface area is 144 Å². The maximum Gasteiger partial charge on any atom is 0.146 e. The van der Waals surface area contributed by atoms with Gasteiger partial charge in [0, 0.05) is 32.4 Å². The highest BCUT2D eigenvalue weighted by atomic mass is 16.5.